The lowest BCUT2D eigenvalue weighted by Crippen LogP contribution is -2.03. The number of hydrogen-bond donors (Lipinski definition) is 1. The Bertz CT molecular complexity index is 749. The van der Waals surface area contributed by atoms with Crippen LogP contribution in [0, 0.1) is 29.6 Å². The maximum atomic E-state index is 9.03. The fraction of sp³-hybridized carbons (Fsp3) is 0.267. The number of benzene rings is 1. The number of ether oxygens (including phenoxy) is 1. The fourth-order valence-corrected chi connectivity index (χ4v) is 2.17. The zero-order chi connectivity index (χ0) is 15.4. The number of nitriles is 2. The van der Waals surface area contributed by atoms with E-state index < -0.39 is 0 Å². The average molecular weight is 281 g/mol. The number of hydrogen-bond acceptors (Lipinski definition) is 5. The predicted octanol–water partition coefficient (Wildman–Crippen LogP) is 2.09. The Labute approximate surface area is 123 Å². The second-order valence-corrected chi connectivity index (χ2v) is 4.53. The summed E-state index contributed by atoms with van der Waals surface area (Å²) in [6.45, 7) is 2.44. The molecule has 0 aliphatic rings. The minimum atomic E-state index is 0.359. The summed E-state index contributed by atoms with van der Waals surface area (Å²) in [5, 5.41) is 25.5. The smallest absolute Gasteiger partial charge is 0.216 e. The monoisotopic (exact) mass is 281 g/mol. The Balaban J connectivity index is 2.22. The Morgan fingerprint density at radius 3 is 2.62 bits per heavy atom. The van der Waals surface area contributed by atoms with E-state index in [0.29, 0.717) is 23.6 Å². The first-order chi connectivity index (χ1) is 10.1. The molecule has 0 aliphatic carbocycles. The number of aromatic nitrogens is 2. The number of rotatable bonds is 4. The molecule has 0 saturated carbocycles. The molecule has 6 heteroatoms. The Kier molecular flexibility index (Phi) is 4.10. The molecule has 106 valence electrons. The van der Waals surface area contributed by atoms with Crippen LogP contribution in [0.3, 0.4) is 0 Å². The maximum Gasteiger partial charge on any atom is 0.216 e. The van der Waals surface area contributed by atoms with Crippen molar-refractivity contribution in [3.8, 4) is 18.0 Å². The van der Waals surface area contributed by atoms with Crippen molar-refractivity contribution >= 4 is 5.69 Å². The molecule has 0 fully saturated rings. The van der Waals surface area contributed by atoms with Crippen LogP contribution in [0.15, 0.2) is 18.2 Å². The molecule has 2 rings (SSSR count). The SMILES string of the molecule is COc1c(CNc2ccc(C#N)c(C#N)c2)c(C)nn1C. The molecule has 1 aromatic heterocycles. The predicted molar refractivity (Wildman–Crippen MR) is 77.7 cm³/mol. The van der Waals surface area contributed by atoms with E-state index in [1.54, 1.807) is 30.0 Å². The quantitative estimate of drug-likeness (QED) is 0.927. The molecule has 1 heterocycles. The van der Waals surface area contributed by atoms with E-state index in [1.165, 1.54) is 0 Å². The summed E-state index contributed by atoms with van der Waals surface area (Å²) < 4.78 is 7.02. The van der Waals surface area contributed by atoms with Crippen LogP contribution in [0.2, 0.25) is 0 Å². The summed E-state index contributed by atoms with van der Waals surface area (Å²) in [4.78, 5) is 0. The van der Waals surface area contributed by atoms with Crippen molar-refractivity contribution in [1.82, 2.24) is 9.78 Å². The third kappa shape index (κ3) is 2.80. The molecule has 0 saturated heterocycles. The van der Waals surface area contributed by atoms with Gasteiger partial charge >= 0.3 is 0 Å². The molecular formula is C15H15N5O. The lowest BCUT2D eigenvalue weighted by molar-refractivity contribution is 0.370. The van der Waals surface area contributed by atoms with Gasteiger partial charge in [0.2, 0.25) is 5.88 Å². The fourth-order valence-electron chi connectivity index (χ4n) is 2.17. The van der Waals surface area contributed by atoms with Crippen molar-refractivity contribution in [3.63, 3.8) is 0 Å². The van der Waals surface area contributed by atoms with E-state index in [1.807, 2.05) is 26.1 Å². The summed E-state index contributed by atoms with van der Waals surface area (Å²) >= 11 is 0. The summed E-state index contributed by atoms with van der Waals surface area (Å²) in [6, 6.07) is 9.09. The van der Waals surface area contributed by atoms with Crippen LogP contribution in [0.5, 0.6) is 5.88 Å². The van der Waals surface area contributed by atoms with E-state index in [2.05, 4.69) is 10.4 Å². The summed E-state index contributed by atoms with van der Waals surface area (Å²) in [5.41, 5.74) is 3.35. The van der Waals surface area contributed by atoms with Crippen LogP contribution in [0.25, 0.3) is 0 Å². The number of aryl methyl sites for hydroxylation is 2. The van der Waals surface area contributed by atoms with Gasteiger partial charge in [-0.15, -0.1) is 0 Å². The Morgan fingerprint density at radius 1 is 1.29 bits per heavy atom. The van der Waals surface area contributed by atoms with Gasteiger partial charge in [-0.05, 0) is 25.1 Å². The van der Waals surface area contributed by atoms with Crippen LogP contribution in [-0.2, 0) is 13.6 Å². The van der Waals surface area contributed by atoms with Crippen LogP contribution >= 0.6 is 0 Å². The number of anilines is 1. The Morgan fingerprint density at radius 2 is 2.00 bits per heavy atom. The van der Waals surface area contributed by atoms with Gasteiger partial charge in [-0.3, -0.25) is 0 Å². The second-order valence-electron chi connectivity index (χ2n) is 4.53. The summed E-state index contributed by atoms with van der Waals surface area (Å²) in [5.74, 6) is 0.703. The first-order valence-corrected chi connectivity index (χ1v) is 6.35. The molecular weight excluding hydrogens is 266 g/mol. The molecule has 6 nitrogen and oxygen atoms in total. The van der Waals surface area contributed by atoms with Gasteiger partial charge in [0.15, 0.2) is 0 Å². The number of methoxy groups -OCH3 is 1. The highest BCUT2D eigenvalue weighted by Gasteiger charge is 2.13. The highest BCUT2D eigenvalue weighted by Crippen LogP contribution is 2.23. The van der Waals surface area contributed by atoms with Crippen molar-refractivity contribution < 1.29 is 4.74 Å². The van der Waals surface area contributed by atoms with Crippen LogP contribution in [0.1, 0.15) is 22.4 Å². The van der Waals surface area contributed by atoms with Gasteiger partial charge in [-0.25, -0.2) is 4.68 Å². The van der Waals surface area contributed by atoms with Crippen molar-refractivity contribution in [1.29, 1.82) is 10.5 Å². The molecule has 0 amide bonds. The summed E-state index contributed by atoms with van der Waals surface area (Å²) in [7, 11) is 3.43. The molecule has 0 radical (unpaired) electrons. The van der Waals surface area contributed by atoms with Gasteiger partial charge in [0.1, 0.15) is 12.1 Å². The third-order valence-electron chi connectivity index (χ3n) is 3.21. The number of nitrogens with one attached hydrogen (secondary N) is 1. The highest BCUT2D eigenvalue weighted by molar-refractivity contribution is 5.56. The molecule has 1 aromatic carbocycles. The molecule has 1 N–H and O–H groups in total. The average Bonchev–Trinajstić information content (AvgIpc) is 2.77. The van der Waals surface area contributed by atoms with Gasteiger partial charge < -0.3 is 10.1 Å². The largest absolute Gasteiger partial charge is 0.481 e. The normalized spacial score (nSPS) is 9.76. The van der Waals surface area contributed by atoms with Crippen molar-refractivity contribution in [2.45, 2.75) is 13.5 Å². The van der Waals surface area contributed by atoms with E-state index >= 15 is 0 Å². The van der Waals surface area contributed by atoms with Crippen molar-refractivity contribution in [3.05, 3.63) is 40.6 Å². The van der Waals surface area contributed by atoms with E-state index in [9.17, 15) is 0 Å². The lowest BCUT2D eigenvalue weighted by atomic mass is 10.1. The highest BCUT2D eigenvalue weighted by atomic mass is 16.5. The van der Waals surface area contributed by atoms with Crippen molar-refractivity contribution in [2.24, 2.45) is 7.05 Å². The molecule has 0 bridgehead atoms. The zero-order valence-electron chi connectivity index (χ0n) is 12.1. The summed E-state index contributed by atoms with van der Waals surface area (Å²) in [6.07, 6.45) is 0. The van der Waals surface area contributed by atoms with Gasteiger partial charge in [0.05, 0.1) is 29.5 Å². The Hall–Kier alpha value is -2.99. The molecule has 0 unspecified atom stereocenters. The first kappa shape index (κ1) is 14.4. The molecule has 0 atom stereocenters. The van der Waals surface area contributed by atoms with E-state index in [-0.39, 0.29) is 0 Å². The van der Waals surface area contributed by atoms with Crippen LogP contribution < -0.4 is 10.1 Å². The second kappa shape index (κ2) is 5.98. The van der Waals surface area contributed by atoms with Crippen LogP contribution in [-0.4, -0.2) is 16.9 Å². The van der Waals surface area contributed by atoms with Crippen molar-refractivity contribution in [2.75, 3.05) is 12.4 Å². The standard InChI is InChI=1S/C15H15N5O/c1-10-14(15(21-3)20(2)19-10)9-18-13-5-4-11(7-16)12(6-13)8-17/h4-6,18H,9H2,1-3H3. The molecule has 2 aromatic rings. The topological polar surface area (TPSA) is 86.7 Å². The van der Waals surface area contributed by atoms with E-state index in [0.717, 1.165) is 16.9 Å². The molecule has 0 aliphatic heterocycles. The minimum Gasteiger partial charge on any atom is -0.481 e. The molecule has 21 heavy (non-hydrogen) atoms. The van der Waals surface area contributed by atoms with Gasteiger partial charge in [0.25, 0.3) is 0 Å². The lowest BCUT2D eigenvalue weighted by Gasteiger charge is -2.09. The first-order valence-electron chi connectivity index (χ1n) is 6.35. The number of nitrogens with zero attached hydrogens (tertiary/aromatic N) is 4. The minimum absolute atomic E-state index is 0.359. The van der Waals surface area contributed by atoms with E-state index in [4.69, 9.17) is 15.3 Å². The maximum absolute atomic E-state index is 9.03. The van der Waals surface area contributed by atoms with Gasteiger partial charge in [-0.2, -0.15) is 15.6 Å². The third-order valence-corrected chi connectivity index (χ3v) is 3.21. The zero-order valence-corrected chi connectivity index (χ0v) is 12.1. The van der Waals surface area contributed by atoms with Crippen LogP contribution in [0.4, 0.5) is 5.69 Å². The van der Waals surface area contributed by atoms with Gasteiger partial charge in [-0.1, -0.05) is 0 Å². The van der Waals surface area contributed by atoms with Gasteiger partial charge in [0, 0.05) is 19.3 Å². The molecule has 0 spiro atoms.